The zero-order valence-corrected chi connectivity index (χ0v) is 20.5. The summed E-state index contributed by atoms with van der Waals surface area (Å²) in [5.41, 5.74) is 1.02. The second-order valence-corrected chi connectivity index (χ2v) is 9.25. The van der Waals surface area contributed by atoms with E-state index in [-0.39, 0.29) is 18.9 Å². The number of imide groups is 1. The summed E-state index contributed by atoms with van der Waals surface area (Å²) in [5, 5.41) is 5.62. The molecule has 9 nitrogen and oxygen atoms in total. The van der Waals surface area contributed by atoms with Gasteiger partial charge in [-0.1, -0.05) is 55.7 Å². The number of carbonyl (C=O) groups is 4. The summed E-state index contributed by atoms with van der Waals surface area (Å²) in [6, 6.07) is 13.5. The molecule has 1 heterocycles. The molecule has 0 bridgehead atoms. The molecule has 2 N–H and O–H groups in total. The molecule has 4 rings (SSSR count). The smallest absolute Gasteiger partial charge is 0.325 e. The Bertz CT molecular complexity index is 1140. The first-order valence-corrected chi connectivity index (χ1v) is 12.2. The minimum Gasteiger partial charge on any atom is -0.495 e. The Kier molecular flexibility index (Phi) is 7.57. The van der Waals surface area contributed by atoms with Crippen LogP contribution in [-0.4, -0.2) is 47.9 Å². The predicted molar refractivity (Wildman–Crippen MR) is 132 cm³/mol. The minimum absolute atomic E-state index is 0.111. The number of hydrogen-bond acceptors (Lipinski definition) is 6. The molecule has 1 saturated heterocycles. The topological polar surface area (TPSA) is 114 Å². The number of ether oxygens (including phenoxy) is 2. The number of nitrogens with zero attached hydrogens (tertiary/aromatic N) is 1. The number of amides is 4. The van der Waals surface area contributed by atoms with Gasteiger partial charge in [-0.15, -0.1) is 0 Å². The van der Waals surface area contributed by atoms with Crippen molar-refractivity contribution >= 4 is 29.5 Å². The number of methoxy groups -OCH3 is 1. The minimum atomic E-state index is -1.23. The molecule has 2 fully saturated rings. The molecule has 4 amide bonds. The van der Waals surface area contributed by atoms with Crippen molar-refractivity contribution in [3.8, 4) is 5.75 Å². The third-order valence-corrected chi connectivity index (χ3v) is 6.70. The molecule has 1 unspecified atom stereocenters. The first kappa shape index (κ1) is 25.2. The standard InChI is InChI=1S/C27H31N3O6/c1-18-11-12-21(35-2)20(17-18)28-24(32)23(19-9-5-3-6-10-19)36-22(31)13-16-30-25(33)27(29-26(30)34)14-7-4-8-15-27/h3,5-6,9-12,17,23H,4,7-8,13-16H2,1-2H3,(H,28,32)(H,29,34). The maximum Gasteiger partial charge on any atom is 0.325 e. The summed E-state index contributed by atoms with van der Waals surface area (Å²) in [6.45, 7) is 1.77. The zero-order valence-electron chi connectivity index (χ0n) is 20.5. The second kappa shape index (κ2) is 10.8. The molecular weight excluding hydrogens is 462 g/mol. The van der Waals surface area contributed by atoms with Crippen LogP contribution in [0, 0.1) is 6.92 Å². The van der Waals surface area contributed by atoms with Crippen LogP contribution in [0.15, 0.2) is 48.5 Å². The van der Waals surface area contributed by atoms with E-state index in [1.54, 1.807) is 42.5 Å². The van der Waals surface area contributed by atoms with E-state index in [1.807, 2.05) is 13.0 Å². The van der Waals surface area contributed by atoms with Crippen molar-refractivity contribution in [3.63, 3.8) is 0 Å². The lowest BCUT2D eigenvalue weighted by Crippen LogP contribution is -2.48. The summed E-state index contributed by atoms with van der Waals surface area (Å²) in [4.78, 5) is 52.6. The van der Waals surface area contributed by atoms with Gasteiger partial charge in [-0.3, -0.25) is 19.3 Å². The van der Waals surface area contributed by atoms with Gasteiger partial charge >= 0.3 is 12.0 Å². The van der Waals surface area contributed by atoms with Crippen LogP contribution in [0.3, 0.4) is 0 Å². The van der Waals surface area contributed by atoms with E-state index in [9.17, 15) is 19.2 Å². The van der Waals surface area contributed by atoms with Gasteiger partial charge in [-0.05, 0) is 37.5 Å². The highest BCUT2D eigenvalue weighted by atomic mass is 16.5. The number of nitrogens with one attached hydrogen (secondary N) is 2. The van der Waals surface area contributed by atoms with Crippen molar-refractivity contribution in [1.29, 1.82) is 0 Å². The van der Waals surface area contributed by atoms with Crippen molar-refractivity contribution in [1.82, 2.24) is 10.2 Å². The molecule has 9 heteroatoms. The first-order chi connectivity index (χ1) is 17.3. The largest absolute Gasteiger partial charge is 0.495 e. The molecule has 0 radical (unpaired) electrons. The van der Waals surface area contributed by atoms with Crippen molar-refractivity contribution in [3.05, 3.63) is 59.7 Å². The summed E-state index contributed by atoms with van der Waals surface area (Å²) < 4.78 is 10.9. The Balaban J connectivity index is 1.44. The van der Waals surface area contributed by atoms with Crippen LogP contribution in [0.25, 0.3) is 0 Å². The average molecular weight is 494 g/mol. The molecule has 0 aromatic heterocycles. The summed E-state index contributed by atoms with van der Waals surface area (Å²) in [7, 11) is 1.50. The van der Waals surface area contributed by atoms with Gasteiger partial charge in [0.15, 0.2) is 0 Å². The average Bonchev–Trinajstić information content (AvgIpc) is 3.10. The van der Waals surface area contributed by atoms with Crippen molar-refractivity contribution in [2.75, 3.05) is 19.0 Å². The summed E-state index contributed by atoms with van der Waals surface area (Å²) in [6.07, 6.45) is 2.56. The van der Waals surface area contributed by atoms with Crippen LogP contribution >= 0.6 is 0 Å². The summed E-state index contributed by atoms with van der Waals surface area (Å²) in [5.74, 6) is -1.05. The number of urea groups is 1. The Morgan fingerprint density at radius 1 is 1.08 bits per heavy atom. The Morgan fingerprint density at radius 2 is 1.81 bits per heavy atom. The monoisotopic (exact) mass is 493 g/mol. The third-order valence-electron chi connectivity index (χ3n) is 6.70. The van der Waals surface area contributed by atoms with Gasteiger partial charge in [0, 0.05) is 12.1 Å². The Labute approximate surface area is 210 Å². The van der Waals surface area contributed by atoms with E-state index in [4.69, 9.17) is 9.47 Å². The molecule has 36 heavy (non-hydrogen) atoms. The lowest BCUT2D eigenvalue weighted by atomic mass is 9.82. The lowest BCUT2D eigenvalue weighted by molar-refractivity contribution is -0.155. The number of carbonyl (C=O) groups excluding carboxylic acids is 4. The van der Waals surface area contributed by atoms with Crippen LogP contribution in [-0.2, 0) is 19.1 Å². The molecule has 1 atom stereocenters. The normalized spacial score (nSPS) is 17.4. The van der Waals surface area contributed by atoms with Crippen molar-refractivity contribution in [2.45, 2.75) is 57.1 Å². The molecule has 1 spiro atoms. The molecule has 2 aromatic carbocycles. The SMILES string of the molecule is COc1ccc(C)cc1NC(=O)C(OC(=O)CCN1C(=O)NC2(CCCCC2)C1=O)c1ccccc1. The number of anilines is 1. The molecule has 1 aliphatic carbocycles. The molecule has 1 saturated carbocycles. The number of benzene rings is 2. The maximum atomic E-state index is 13.2. The number of aryl methyl sites for hydroxylation is 1. The van der Waals surface area contributed by atoms with Crippen LogP contribution in [0.4, 0.5) is 10.5 Å². The first-order valence-electron chi connectivity index (χ1n) is 12.2. The van der Waals surface area contributed by atoms with E-state index in [1.165, 1.54) is 7.11 Å². The fourth-order valence-corrected chi connectivity index (χ4v) is 4.79. The van der Waals surface area contributed by atoms with Crippen LogP contribution in [0.5, 0.6) is 5.75 Å². The Morgan fingerprint density at radius 3 is 2.50 bits per heavy atom. The number of hydrogen-bond donors (Lipinski definition) is 2. The molecule has 2 aliphatic rings. The van der Waals surface area contributed by atoms with E-state index in [2.05, 4.69) is 10.6 Å². The molecule has 1 aliphatic heterocycles. The van der Waals surface area contributed by atoms with Crippen LogP contribution in [0.1, 0.15) is 55.8 Å². The van der Waals surface area contributed by atoms with Crippen LogP contribution < -0.4 is 15.4 Å². The zero-order chi connectivity index (χ0) is 25.7. The van der Waals surface area contributed by atoms with Crippen molar-refractivity contribution < 1.29 is 28.7 Å². The predicted octanol–water partition coefficient (Wildman–Crippen LogP) is 3.87. The second-order valence-electron chi connectivity index (χ2n) is 9.25. The van der Waals surface area contributed by atoms with Gasteiger partial charge in [0.2, 0.25) is 6.10 Å². The fraction of sp³-hybridized carbons (Fsp3) is 0.407. The van der Waals surface area contributed by atoms with E-state index in [0.717, 1.165) is 29.7 Å². The van der Waals surface area contributed by atoms with E-state index >= 15 is 0 Å². The van der Waals surface area contributed by atoms with Gasteiger partial charge < -0.3 is 20.1 Å². The van der Waals surface area contributed by atoms with Gasteiger partial charge in [0.25, 0.3) is 11.8 Å². The van der Waals surface area contributed by atoms with Crippen LogP contribution in [0.2, 0.25) is 0 Å². The van der Waals surface area contributed by atoms with E-state index in [0.29, 0.717) is 29.8 Å². The maximum absolute atomic E-state index is 13.2. The van der Waals surface area contributed by atoms with Gasteiger partial charge in [-0.2, -0.15) is 0 Å². The van der Waals surface area contributed by atoms with Gasteiger partial charge in [0.1, 0.15) is 11.3 Å². The molecule has 2 aromatic rings. The fourth-order valence-electron chi connectivity index (χ4n) is 4.79. The van der Waals surface area contributed by atoms with E-state index < -0.39 is 29.6 Å². The third kappa shape index (κ3) is 5.35. The molecule has 190 valence electrons. The Hall–Kier alpha value is -3.88. The highest BCUT2D eigenvalue weighted by Gasteiger charge is 2.51. The van der Waals surface area contributed by atoms with Gasteiger partial charge in [0.05, 0.1) is 19.2 Å². The summed E-state index contributed by atoms with van der Waals surface area (Å²) >= 11 is 0. The number of rotatable bonds is 8. The number of esters is 1. The quantitative estimate of drug-likeness (QED) is 0.426. The van der Waals surface area contributed by atoms with Crippen molar-refractivity contribution in [2.24, 2.45) is 0 Å². The van der Waals surface area contributed by atoms with Gasteiger partial charge in [-0.25, -0.2) is 4.79 Å². The highest BCUT2D eigenvalue weighted by Crippen LogP contribution is 2.34. The highest BCUT2D eigenvalue weighted by molar-refractivity contribution is 6.07. The molecular formula is C27H31N3O6. The lowest BCUT2D eigenvalue weighted by Gasteiger charge is -2.30.